The van der Waals surface area contributed by atoms with Gasteiger partial charge in [-0.05, 0) is 38.1 Å². The van der Waals surface area contributed by atoms with Gasteiger partial charge in [0.1, 0.15) is 5.69 Å². The molecule has 2 aliphatic heterocycles. The van der Waals surface area contributed by atoms with E-state index in [1.165, 1.54) is 0 Å². The number of primary amides is 1. The maximum atomic E-state index is 12.5. The summed E-state index contributed by atoms with van der Waals surface area (Å²) in [6.07, 6.45) is -2.09. The number of alkyl halides is 3. The first kappa shape index (κ1) is 17.7. The molecule has 25 heavy (non-hydrogen) atoms. The van der Waals surface area contributed by atoms with E-state index < -0.39 is 11.9 Å². The van der Waals surface area contributed by atoms with Crippen molar-refractivity contribution in [2.75, 3.05) is 26.2 Å². The van der Waals surface area contributed by atoms with Gasteiger partial charge in [-0.2, -0.15) is 13.2 Å². The van der Waals surface area contributed by atoms with Crippen molar-refractivity contribution in [2.45, 2.75) is 25.1 Å². The van der Waals surface area contributed by atoms with E-state index in [-0.39, 0.29) is 29.3 Å². The molecule has 0 spiro atoms. The van der Waals surface area contributed by atoms with Gasteiger partial charge in [0.15, 0.2) is 0 Å². The van der Waals surface area contributed by atoms with Gasteiger partial charge in [0.05, 0.1) is 5.56 Å². The lowest BCUT2D eigenvalue weighted by molar-refractivity contribution is -0.141. The van der Waals surface area contributed by atoms with Crippen molar-refractivity contribution in [3.8, 4) is 0 Å². The van der Waals surface area contributed by atoms with E-state index >= 15 is 0 Å². The Morgan fingerprint density at radius 3 is 2.28 bits per heavy atom. The molecular weight excluding hydrogens is 337 g/mol. The van der Waals surface area contributed by atoms with Gasteiger partial charge in [0.25, 0.3) is 5.91 Å². The van der Waals surface area contributed by atoms with Crippen LogP contribution in [0.2, 0.25) is 0 Å². The van der Waals surface area contributed by atoms with Crippen LogP contribution < -0.4 is 5.73 Å². The highest BCUT2D eigenvalue weighted by atomic mass is 19.4. The smallest absolute Gasteiger partial charge is 0.369 e. The topological polar surface area (TPSA) is 79.5 Å². The van der Waals surface area contributed by atoms with Crippen LogP contribution in [0.15, 0.2) is 18.3 Å². The first-order valence-electron chi connectivity index (χ1n) is 8.11. The number of carbonyl (C=O) groups excluding carboxylic acids is 2. The summed E-state index contributed by atoms with van der Waals surface area (Å²) in [7, 11) is 0. The zero-order valence-corrected chi connectivity index (χ0v) is 13.5. The molecule has 0 atom stereocenters. The lowest BCUT2D eigenvalue weighted by Crippen LogP contribution is -2.62. The lowest BCUT2D eigenvalue weighted by atomic mass is 9.93. The number of likely N-dealkylation sites (tertiary alicyclic amines) is 2. The summed E-state index contributed by atoms with van der Waals surface area (Å²) in [5.41, 5.74) is 4.45. The van der Waals surface area contributed by atoms with E-state index in [2.05, 4.69) is 9.88 Å². The van der Waals surface area contributed by atoms with Crippen LogP contribution in [0, 0.1) is 5.92 Å². The Hall–Kier alpha value is -2.16. The third-order valence-corrected chi connectivity index (χ3v) is 4.90. The Kier molecular flexibility index (Phi) is 4.68. The Balaban J connectivity index is 1.51. The van der Waals surface area contributed by atoms with Crippen molar-refractivity contribution in [1.82, 2.24) is 14.8 Å². The summed E-state index contributed by atoms with van der Waals surface area (Å²) in [5.74, 6) is -0.656. The predicted octanol–water partition coefficient (Wildman–Crippen LogP) is 1.12. The summed E-state index contributed by atoms with van der Waals surface area (Å²) in [5, 5.41) is 0. The fourth-order valence-electron chi connectivity index (χ4n) is 3.27. The Labute approximate surface area is 142 Å². The number of hydrogen-bond donors (Lipinski definition) is 1. The van der Waals surface area contributed by atoms with Crippen molar-refractivity contribution in [1.29, 1.82) is 0 Å². The average molecular weight is 356 g/mol. The number of halogens is 3. The van der Waals surface area contributed by atoms with E-state index in [1.807, 2.05) is 0 Å². The van der Waals surface area contributed by atoms with Crippen molar-refractivity contribution < 1.29 is 22.8 Å². The normalized spacial score (nSPS) is 20.4. The number of rotatable bonds is 3. The third kappa shape index (κ3) is 3.76. The zero-order chi connectivity index (χ0) is 18.2. The van der Waals surface area contributed by atoms with Crippen LogP contribution in [0.4, 0.5) is 13.2 Å². The minimum absolute atomic E-state index is 0.0766. The molecule has 2 fully saturated rings. The van der Waals surface area contributed by atoms with E-state index in [4.69, 9.17) is 5.73 Å². The fraction of sp³-hybridized carbons (Fsp3) is 0.562. The van der Waals surface area contributed by atoms with Crippen LogP contribution in [0.5, 0.6) is 0 Å². The van der Waals surface area contributed by atoms with Crippen LogP contribution in [0.1, 0.15) is 28.9 Å². The zero-order valence-electron chi connectivity index (χ0n) is 13.5. The molecule has 2 N–H and O–H groups in total. The first-order valence-corrected chi connectivity index (χ1v) is 8.11. The molecule has 136 valence electrons. The molecule has 6 nitrogen and oxygen atoms in total. The molecule has 0 saturated carbocycles. The van der Waals surface area contributed by atoms with Crippen LogP contribution in [0.25, 0.3) is 0 Å². The van der Waals surface area contributed by atoms with Crippen molar-refractivity contribution in [2.24, 2.45) is 11.7 Å². The monoisotopic (exact) mass is 356 g/mol. The quantitative estimate of drug-likeness (QED) is 0.880. The number of amides is 2. The summed E-state index contributed by atoms with van der Waals surface area (Å²) in [4.78, 5) is 30.6. The number of pyridine rings is 1. The number of hydrogen-bond acceptors (Lipinski definition) is 4. The molecule has 2 saturated heterocycles. The minimum atomic E-state index is -4.51. The van der Waals surface area contributed by atoms with E-state index in [1.54, 1.807) is 4.90 Å². The fourth-order valence-corrected chi connectivity index (χ4v) is 3.27. The van der Waals surface area contributed by atoms with Crippen LogP contribution >= 0.6 is 0 Å². The predicted molar refractivity (Wildman–Crippen MR) is 82.4 cm³/mol. The highest BCUT2D eigenvalue weighted by Crippen LogP contribution is 2.28. The van der Waals surface area contributed by atoms with Gasteiger partial charge in [-0.1, -0.05) is 0 Å². The Morgan fingerprint density at radius 1 is 1.16 bits per heavy atom. The van der Waals surface area contributed by atoms with Gasteiger partial charge in [-0.25, -0.2) is 0 Å². The molecule has 1 aromatic heterocycles. The number of carbonyl (C=O) groups is 2. The van der Waals surface area contributed by atoms with Gasteiger partial charge in [0.2, 0.25) is 5.91 Å². The summed E-state index contributed by atoms with van der Waals surface area (Å²) >= 11 is 0. The second kappa shape index (κ2) is 6.62. The van der Waals surface area contributed by atoms with Crippen molar-refractivity contribution in [3.63, 3.8) is 0 Å². The van der Waals surface area contributed by atoms with Crippen LogP contribution in [0.3, 0.4) is 0 Å². The molecule has 2 aliphatic rings. The highest BCUT2D eigenvalue weighted by Gasteiger charge is 2.38. The largest absolute Gasteiger partial charge is 0.433 e. The molecule has 2 amide bonds. The summed E-state index contributed by atoms with van der Waals surface area (Å²) in [6, 6.07) is 2.20. The second-order valence-electron chi connectivity index (χ2n) is 6.51. The van der Waals surface area contributed by atoms with Crippen LogP contribution in [-0.4, -0.2) is 58.8 Å². The van der Waals surface area contributed by atoms with Gasteiger partial charge in [-0.15, -0.1) is 0 Å². The van der Waals surface area contributed by atoms with Crippen molar-refractivity contribution in [3.05, 3.63) is 29.6 Å². The second-order valence-corrected chi connectivity index (χ2v) is 6.51. The van der Waals surface area contributed by atoms with Gasteiger partial charge in [-0.3, -0.25) is 19.5 Å². The van der Waals surface area contributed by atoms with E-state index in [9.17, 15) is 22.8 Å². The highest BCUT2D eigenvalue weighted by molar-refractivity contribution is 5.94. The standard InChI is InChI=1S/C16H19F3N4O2/c17-16(18,19)13-2-1-11(7-21-13)15(25)23-8-12(9-23)22-5-3-10(4-6-22)14(20)24/h1-2,7,10,12H,3-6,8-9H2,(H2,20,24). The average Bonchev–Trinajstić information content (AvgIpc) is 2.53. The molecule has 1 aromatic rings. The Bertz CT molecular complexity index is 648. The number of nitrogens with two attached hydrogens (primary N) is 1. The minimum Gasteiger partial charge on any atom is -0.369 e. The van der Waals surface area contributed by atoms with Gasteiger partial charge in [0, 0.05) is 31.2 Å². The maximum Gasteiger partial charge on any atom is 0.433 e. The van der Waals surface area contributed by atoms with Gasteiger partial charge < -0.3 is 10.6 Å². The van der Waals surface area contributed by atoms with Crippen molar-refractivity contribution >= 4 is 11.8 Å². The lowest BCUT2D eigenvalue weighted by Gasteiger charge is -2.47. The maximum absolute atomic E-state index is 12.5. The third-order valence-electron chi connectivity index (χ3n) is 4.90. The molecule has 9 heteroatoms. The molecule has 0 radical (unpaired) electrons. The summed E-state index contributed by atoms with van der Waals surface area (Å²) in [6.45, 7) is 2.59. The molecule has 0 aliphatic carbocycles. The SMILES string of the molecule is NC(=O)C1CCN(C2CN(C(=O)c3ccc(C(F)(F)F)nc3)C2)CC1. The molecule has 0 aromatic carbocycles. The summed E-state index contributed by atoms with van der Waals surface area (Å²) < 4.78 is 37.5. The Morgan fingerprint density at radius 2 is 1.80 bits per heavy atom. The number of nitrogens with zero attached hydrogens (tertiary/aromatic N) is 3. The van der Waals surface area contributed by atoms with E-state index in [0.29, 0.717) is 13.1 Å². The molecule has 3 rings (SSSR count). The van der Waals surface area contributed by atoms with Gasteiger partial charge >= 0.3 is 6.18 Å². The van der Waals surface area contributed by atoms with Crippen LogP contribution in [-0.2, 0) is 11.0 Å². The molecular formula is C16H19F3N4O2. The van der Waals surface area contributed by atoms with E-state index in [0.717, 1.165) is 44.3 Å². The number of piperidine rings is 1. The molecule has 0 bridgehead atoms. The molecule has 0 unspecified atom stereocenters. The number of aromatic nitrogens is 1. The molecule has 3 heterocycles. The first-order chi connectivity index (χ1) is 11.8.